The van der Waals surface area contributed by atoms with E-state index in [4.69, 9.17) is 5.73 Å². The Kier molecular flexibility index (Phi) is 4.02. The summed E-state index contributed by atoms with van der Waals surface area (Å²) >= 11 is 0. The van der Waals surface area contributed by atoms with Crippen molar-refractivity contribution in [2.24, 2.45) is 10.7 Å². The third kappa shape index (κ3) is 2.85. The van der Waals surface area contributed by atoms with Gasteiger partial charge in [0.05, 0.1) is 12.0 Å². The summed E-state index contributed by atoms with van der Waals surface area (Å²) in [5.74, 6) is 0. The van der Waals surface area contributed by atoms with Crippen LogP contribution in [0.2, 0.25) is 0 Å². The Morgan fingerprint density at radius 2 is 1.95 bits per heavy atom. The van der Waals surface area contributed by atoms with E-state index >= 15 is 0 Å². The summed E-state index contributed by atoms with van der Waals surface area (Å²) in [6, 6.07) is 8.38. The monoisotopic (exact) mass is 270 g/mol. The second kappa shape index (κ2) is 6.09. The zero-order valence-corrected chi connectivity index (χ0v) is 11.8. The van der Waals surface area contributed by atoms with Crippen LogP contribution in [0.15, 0.2) is 35.5 Å². The Hall–Kier alpha value is -1.81. The van der Waals surface area contributed by atoms with E-state index in [1.54, 1.807) is 0 Å². The molecular weight excluding hydrogens is 248 g/mol. The summed E-state index contributed by atoms with van der Waals surface area (Å²) in [5.41, 5.74) is 7.52. The van der Waals surface area contributed by atoms with Crippen molar-refractivity contribution in [2.45, 2.75) is 25.8 Å². The number of hydrogen-bond donors (Lipinski definition) is 1. The van der Waals surface area contributed by atoms with Crippen LogP contribution in [0.3, 0.4) is 0 Å². The molecule has 0 atom stereocenters. The number of nitrogens with zero attached hydrogens (tertiary/aromatic N) is 3. The van der Waals surface area contributed by atoms with E-state index in [0.717, 1.165) is 18.8 Å². The lowest BCUT2D eigenvalue weighted by molar-refractivity contribution is 0.221. The molecule has 4 heteroatoms. The molecule has 0 bridgehead atoms. The quantitative estimate of drug-likeness (QED) is 0.686. The smallest absolute Gasteiger partial charge is 0.0860 e. The molecule has 1 aliphatic heterocycles. The lowest BCUT2D eigenvalue weighted by Gasteiger charge is -2.26. The van der Waals surface area contributed by atoms with Crippen molar-refractivity contribution < 1.29 is 0 Å². The Morgan fingerprint density at radius 1 is 1.10 bits per heavy atom. The molecule has 0 radical (unpaired) electrons. The van der Waals surface area contributed by atoms with Gasteiger partial charge in [-0.05, 0) is 50.2 Å². The molecule has 106 valence electrons. The molecule has 0 unspecified atom stereocenters. The summed E-state index contributed by atoms with van der Waals surface area (Å²) in [7, 11) is 0. The van der Waals surface area contributed by atoms with E-state index in [1.807, 2.05) is 6.07 Å². The van der Waals surface area contributed by atoms with Crippen LogP contribution in [0, 0.1) is 0 Å². The minimum Gasteiger partial charge on any atom is -0.390 e. The van der Waals surface area contributed by atoms with Crippen LogP contribution in [0.4, 0.5) is 5.69 Å². The molecular formula is C16H22N4. The molecule has 2 N–H and O–H groups in total. The fraction of sp³-hybridized carbons (Fsp3) is 0.438. The average molecular weight is 270 g/mol. The van der Waals surface area contributed by atoms with Crippen molar-refractivity contribution in [3.63, 3.8) is 0 Å². The topological polar surface area (TPSA) is 46.5 Å². The molecule has 1 saturated heterocycles. The van der Waals surface area contributed by atoms with Gasteiger partial charge in [0.2, 0.25) is 0 Å². The zero-order chi connectivity index (χ0) is 13.8. The van der Waals surface area contributed by atoms with Gasteiger partial charge >= 0.3 is 0 Å². The maximum Gasteiger partial charge on any atom is 0.0860 e. The first-order chi connectivity index (χ1) is 9.86. The second-order valence-corrected chi connectivity index (χ2v) is 5.43. The summed E-state index contributed by atoms with van der Waals surface area (Å²) in [6.07, 6.45) is 7.62. The van der Waals surface area contributed by atoms with Crippen LogP contribution >= 0.6 is 0 Å². The molecule has 1 fully saturated rings. The van der Waals surface area contributed by atoms with E-state index in [2.05, 4.69) is 38.9 Å². The molecule has 0 saturated carbocycles. The number of aromatic nitrogens is 1. The number of fused-ring (bicyclic) bond motifs is 1. The maximum atomic E-state index is 5.34. The average Bonchev–Trinajstić information content (AvgIpc) is 2.89. The van der Waals surface area contributed by atoms with Crippen molar-refractivity contribution in [1.29, 1.82) is 0 Å². The Labute approximate surface area is 119 Å². The predicted molar refractivity (Wildman–Crippen MR) is 84.6 cm³/mol. The maximum absolute atomic E-state index is 5.34. The lowest BCUT2D eigenvalue weighted by atomic mass is 10.1. The van der Waals surface area contributed by atoms with Crippen molar-refractivity contribution in [2.75, 3.05) is 19.6 Å². The second-order valence-electron chi connectivity index (χ2n) is 5.43. The third-order valence-electron chi connectivity index (χ3n) is 4.08. The number of likely N-dealkylation sites (tertiary alicyclic amines) is 1. The largest absolute Gasteiger partial charge is 0.390 e. The molecule has 1 aliphatic rings. The van der Waals surface area contributed by atoms with E-state index in [-0.39, 0.29) is 0 Å². The Balaban J connectivity index is 1.71. The normalized spacial score (nSPS) is 17.2. The van der Waals surface area contributed by atoms with Gasteiger partial charge in [0.1, 0.15) is 0 Å². The highest BCUT2D eigenvalue weighted by molar-refractivity contribution is 5.83. The molecule has 0 amide bonds. The van der Waals surface area contributed by atoms with E-state index in [1.165, 1.54) is 49.6 Å². The van der Waals surface area contributed by atoms with Gasteiger partial charge in [0.25, 0.3) is 0 Å². The molecule has 0 spiro atoms. The van der Waals surface area contributed by atoms with Crippen LogP contribution in [-0.2, 0) is 6.54 Å². The standard InChI is InChI=1S/C16H22N4/c17-13-18-15-4-5-16-14(12-15)6-9-20(16)11-10-19-7-2-1-3-8-19/h4-6,9,12-13H,1-3,7-8,10-11H2,(H2,17,18). The van der Waals surface area contributed by atoms with Crippen molar-refractivity contribution in [1.82, 2.24) is 9.47 Å². The minimum absolute atomic E-state index is 0.911. The fourth-order valence-corrected chi connectivity index (χ4v) is 2.98. The highest BCUT2D eigenvalue weighted by Crippen LogP contribution is 2.22. The van der Waals surface area contributed by atoms with Crippen molar-refractivity contribution >= 4 is 22.9 Å². The van der Waals surface area contributed by atoms with Gasteiger partial charge in [-0.25, -0.2) is 4.99 Å². The van der Waals surface area contributed by atoms with Gasteiger partial charge in [-0.15, -0.1) is 0 Å². The number of nitrogens with two attached hydrogens (primary N) is 1. The first-order valence-electron chi connectivity index (χ1n) is 7.42. The Morgan fingerprint density at radius 3 is 2.75 bits per heavy atom. The van der Waals surface area contributed by atoms with Crippen LogP contribution in [-0.4, -0.2) is 35.4 Å². The number of aliphatic imine (C=N–C) groups is 1. The Bertz CT molecular complexity index is 594. The number of rotatable bonds is 4. The summed E-state index contributed by atoms with van der Waals surface area (Å²) < 4.78 is 2.33. The first kappa shape index (κ1) is 13.2. The fourth-order valence-electron chi connectivity index (χ4n) is 2.98. The summed E-state index contributed by atoms with van der Waals surface area (Å²) in [4.78, 5) is 6.69. The summed E-state index contributed by atoms with van der Waals surface area (Å²) in [5, 5.41) is 1.23. The molecule has 1 aromatic carbocycles. The van der Waals surface area contributed by atoms with Gasteiger partial charge in [0, 0.05) is 30.2 Å². The molecule has 0 aliphatic carbocycles. The zero-order valence-electron chi connectivity index (χ0n) is 11.8. The van der Waals surface area contributed by atoms with Gasteiger partial charge in [-0.1, -0.05) is 6.42 Å². The van der Waals surface area contributed by atoms with Gasteiger partial charge in [0.15, 0.2) is 0 Å². The highest BCUT2D eigenvalue weighted by atomic mass is 15.1. The molecule has 2 aromatic rings. The van der Waals surface area contributed by atoms with Crippen molar-refractivity contribution in [3.05, 3.63) is 30.5 Å². The van der Waals surface area contributed by atoms with Crippen LogP contribution in [0.25, 0.3) is 10.9 Å². The highest BCUT2D eigenvalue weighted by Gasteiger charge is 2.10. The molecule has 3 rings (SSSR count). The number of hydrogen-bond acceptors (Lipinski definition) is 2. The van der Waals surface area contributed by atoms with Crippen LogP contribution in [0.1, 0.15) is 19.3 Å². The molecule has 20 heavy (non-hydrogen) atoms. The van der Waals surface area contributed by atoms with Crippen molar-refractivity contribution in [3.8, 4) is 0 Å². The minimum atomic E-state index is 0.911. The summed E-state index contributed by atoms with van der Waals surface area (Å²) in [6.45, 7) is 4.72. The van der Waals surface area contributed by atoms with E-state index < -0.39 is 0 Å². The lowest BCUT2D eigenvalue weighted by Crippen LogP contribution is -2.32. The number of benzene rings is 1. The molecule has 1 aromatic heterocycles. The van der Waals surface area contributed by atoms with E-state index in [9.17, 15) is 0 Å². The van der Waals surface area contributed by atoms with E-state index in [0.29, 0.717) is 0 Å². The van der Waals surface area contributed by atoms with Crippen LogP contribution in [0.5, 0.6) is 0 Å². The molecule has 2 heterocycles. The van der Waals surface area contributed by atoms with Gasteiger partial charge in [-0.2, -0.15) is 0 Å². The number of piperidine rings is 1. The first-order valence-corrected chi connectivity index (χ1v) is 7.42. The predicted octanol–water partition coefficient (Wildman–Crippen LogP) is 2.75. The SMILES string of the molecule is NC=Nc1ccc2c(ccn2CCN2CCCCC2)c1. The van der Waals surface area contributed by atoms with Gasteiger partial charge in [-0.3, -0.25) is 0 Å². The van der Waals surface area contributed by atoms with Crippen LogP contribution < -0.4 is 5.73 Å². The third-order valence-corrected chi connectivity index (χ3v) is 4.08. The van der Waals surface area contributed by atoms with Gasteiger partial charge < -0.3 is 15.2 Å². The molecule has 4 nitrogen and oxygen atoms in total.